The monoisotopic (exact) mass is 260 g/mol. The van der Waals surface area contributed by atoms with Crippen molar-refractivity contribution in [2.45, 2.75) is 58.9 Å². The summed E-state index contributed by atoms with van der Waals surface area (Å²) in [4.78, 5) is 4.50. The Bertz CT molecular complexity index is 518. The Morgan fingerprint density at radius 2 is 2.16 bits per heavy atom. The first kappa shape index (κ1) is 13.8. The van der Waals surface area contributed by atoms with Crippen LogP contribution in [-0.2, 0) is 0 Å². The highest BCUT2D eigenvalue weighted by Gasteiger charge is 2.07. The third-order valence-electron chi connectivity index (χ3n) is 3.36. The second kappa shape index (κ2) is 6.55. The van der Waals surface area contributed by atoms with Crippen LogP contribution in [0.4, 0.5) is 5.95 Å². The summed E-state index contributed by atoms with van der Waals surface area (Å²) in [7, 11) is 0. The first-order valence-electron chi connectivity index (χ1n) is 7.28. The van der Waals surface area contributed by atoms with E-state index in [1.54, 1.807) is 0 Å². The van der Waals surface area contributed by atoms with Crippen LogP contribution in [0.1, 0.15) is 51.5 Å². The molecule has 0 saturated carbocycles. The topological polar surface area (TPSA) is 42.2 Å². The highest BCUT2D eigenvalue weighted by molar-refractivity contribution is 5.45. The second-order valence-electron chi connectivity index (χ2n) is 5.34. The molecule has 0 bridgehead atoms. The van der Waals surface area contributed by atoms with E-state index >= 15 is 0 Å². The molecule has 0 aliphatic carbocycles. The lowest BCUT2D eigenvalue weighted by Crippen LogP contribution is -2.15. The predicted molar refractivity (Wildman–Crippen MR) is 79.6 cm³/mol. The van der Waals surface area contributed by atoms with Crippen molar-refractivity contribution >= 4 is 11.6 Å². The molecule has 2 rings (SSSR count). The first-order chi connectivity index (χ1) is 9.19. The maximum absolute atomic E-state index is 4.50. The molecular weight excluding hydrogens is 236 g/mol. The highest BCUT2D eigenvalue weighted by Crippen LogP contribution is 2.11. The Morgan fingerprint density at radius 1 is 1.32 bits per heavy atom. The number of anilines is 1. The third-order valence-corrected chi connectivity index (χ3v) is 3.36. The van der Waals surface area contributed by atoms with E-state index in [0.29, 0.717) is 6.04 Å². The molecule has 1 N–H and O–H groups in total. The molecule has 2 aromatic heterocycles. The quantitative estimate of drug-likeness (QED) is 0.770. The average Bonchev–Trinajstić information content (AvgIpc) is 2.76. The van der Waals surface area contributed by atoms with E-state index in [-0.39, 0.29) is 0 Å². The van der Waals surface area contributed by atoms with Crippen molar-refractivity contribution in [3.8, 4) is 0 Å². The molecule has 4 heteroatoms. The van der Waals surface area contributed by atoms with Gasteiger partial charge in [-0.3, -0.25) is 0 Å². The van der Waals surface area contributed by atoms with Gasteiger partial charge < -0.3 is 5.32 Å². The minimum atomic E-state index is 0.426. The van der Waals surface area contributed by atoms with E-state index in [4.69, 9.17) is 0 Å². The van der Waals surface area contributed by atoms with Gasteiger partial charge in [-0.1, -0.05) is 32.6 Å². The van der Waals surface area contributed by atoms with E-state index in [9.17, 15) is 0 Å². The number of hydrogen-bond acceptors (Lipinski definition) is 3. The zero-order valence-corrected chi connectivity index (χ0v) is 12.2. The molecule has 0 saturated heterocycles. The lowest BCUT2D eigenvalue weighted by molar-refractivity contribution is 0.591. The summed E-state index contributed by atoms with van der Waals surface area (Å²) in [5.74, 6) is 0.730. The number of unbranched alkanes of at least 4 members (excludes halogenated alkanes) is 3. The zero-order valence-electron chi connectivity index (χ0n) is 12.2. The van der Waals surface area contributed by atoms with Crippen LogP contribution in [0.15, 0.2) is 18.3 Å². The Kier molecular flexibility index (Phi) is 4.77. The lowest BCUT2D eigenvalue weighted by atomic mass is 10.1. The SMILES string of the molecule is CCCCCCC(C)Nc1nc2cc(C)ccn2n1. The normalized spacial score (nSPS) is 12.8. The van der Waals surface area contributed by atoms with Gasteiger partial charge in [-0.15, -0.1) is 5.10 Å². The summed E-state index contributed by atoms with van der Waals surface area (Å²) in [5, 5.41) is 7.82. The molecular formula is C15H24N4. The number of rotatable bonds is 7. The van der Waals surface area contributed by atoms with Crippen molar-refractivity contribution in [1.29, 1.82) is 0 Å². The van der Waals surface area contributed by atoms with Crippen LogP contribution >= 0.6 is 0 Å². The van der Waals surface area contributed by atoms with Gasteiger partial charge in [0.05, 0.1) is 0 Å². The Balaban J connectivity index is 1.89. The van der Waals surface area contributed by atoms with Gasteiger partial charge in [-0.2, -0.15) is 4.98 Å². The number of fused-ring (bicyclic) bond motifs is 1. The van der Waals surface area contributed by atoms with Crippen molar-refractivity contribution < 1.29 is 0 Å². The van der Waals surface area contributed by atoms with Gasteiger partial charge >= 0.3 is 0 Å². The maximum atomic E-state index is 4.50. The summed E-state index contributed by atoms with van der Waals surface area (Å²) < 4.78 is 1.82. The highest BCUT2D eigenvalue weighted by atomic mass is 15.3. The molecule has 104 valence electrons. The van der Waals surface area contributed by atoms with Gasteiger partial charge in [0.2, 0.25) is 5.95 Å². The molecule has 0 fully saturated rings. The van der Waals surface area contributed by atoms with E-state index in [1.807, 2.05) is 22.8 Å². The number of pyridine rings is 1. The minimum Gasteiger partial charge on any atom is -0.350 e. The number of nitrogens with one attached hydrogen (secondary N) is 1. The van der Waals surface area contributed by atoms with E-state index in [2.05, 4.69) is 36.2 Å². The fourth-order valence-corrected chi connectivity index (χ4v) is 2.21. The van der Waals surface area contributed by atoms with Crippen molar-refractivity contribution in [2.75, 3.05) is 5.32 Å². The second-order valence-corrected chi connectivity index (χ2v) is 5.34. The first-order valence-corrected chi connectivity index (χ1v) is 7.28. The molecule has 0 aromatic carbocycles. The molecule has 0 amide bonds. The Hall–Kier alpha value is -1.58. The van der Waals surface area contributed by atoms with E-state index < -0.39 is 0 Å². The fraction of sp³-hybridized carbons (Fsp3) is 0.600. The molecule has 1 atom stereocenters. The van der Waals surface area contributed by atoms with Crippen LogP contribution < -0.4 is 5.32 Å². The van der Waals surface area contributed by atoms with Crippen molar-refractivity contribution in [1.82, 2.24) is 14.6 Å². The average molecular weight is 260 g/mol. The van der Waals surface area contributed by atoms with Gasteiger partial charge in [-0.25, -0.2) is 4.52 Å². The number of nitrogens with zero attached hydrogens (tertiary/aromatic N) is 3. The Labute approximate surface area is 115 Å². The van der Waals surface area contributed by atoms with Crippen LogP contribution in [0, 0.1) is 6.92 Å². The smallest absolute Gasteiger partial charge is 0.243 e. The van der Waals surface area contributed by atoms with Crippen LogP contribution in [0.3, 0.4) is 0 Å². The summed E-state index contributed by atoms with van der Waals surface area (Å²) >= 11 is 0. The van der Waals surface area contributed by atoms with Crippen LogP contribution in [0.25, 0.3) is 5.65 Å². The largest absolute Gasteiger partial charge is 0.350 e. The molecule has 2 aromatic rings. The molecule has 0 aliphatic rings. The number of hydrogen-bond donors (Lipinski definition) is 1. The van der Waals surface area contributed by atoms with Crippen molar-refractivity contribution in [3.63, 3.8) is 0 Å². The number of aromatic nitrogens is 3. The standard InChI is InChI=1S/C15H24N4/c1-4-5-6-7-8-13(3)16-15-17-14-11-12(2)9-10-19(14)18-15/h9-11,13H,4-8H2,1-3H3,(H,16,18). The van der Waals surface area contributed by atoms with Gasteiger partial charge in [0.25, 0.3) is 0 Å². The third kappa shape index (κ3) is 3.94. The maximum Gasteiger partial charge on any atom is 0.243 e. The summed E-state index contributed by atoms with van der Waals surface area (Å²) in [6, 6.07) is 4.51. The predicted octanol–water partition coefficient (Wildman–Crippen LogP) is 3.81. The minimum absolute atomic E-state index is 0.426. The van der Waals surface area contributed by atoms with Crippen molar-refractivity contribution in [2.24, 2.45) is 0 Å². The summed E-state index contributed by atoms with van der Waals surface area (Å²) in [6.07, 6.45) is 8.34. The molecule has 0 aliphatic heterocycles. The van der Waals surface area contributed by atoms with Gasteiger partial charge in [0.15, 0.2) is 5.65 Å². The molecule has 2 heterocycles. The van der Waals surface area contributed by atoms with Crippen LogP contribution in [-0.4, -0.2) is 20.6 Å². The molecule has 19 heavy (non-hydrogen) atoms. The number of aryl methyl sites for hydroxylation is 1. The van der Waals surface area contributed by atoms with E-state index in [1.165, 1.54) is 37.7 Å². The summed E-state index contributed by atoms with van der Waals surface area (Å²) in [6.45, 7) is 6.51. The molecule has 0 radical (unpaired) electrons. The fourth-order valence-electron chi connectivity index (χ4n) is 2.21. The van der Waals surface area contributed by atoms with Crippen LogP contribution in [0.5, 0.6) is 0 Å². The zero-order chi connectivity index (χ0) is 13.7. The van der Waals surface area contributed by atoms with Gasteiger partial charge in [0.1, 0.15) is 0 Å². The van der Waals surface area contributed by atoms with Gasteiger partial charge in [0, 0.05) is 12.2 Å². The molecule has 0 spiro atoms. The van der Waals surface area contributed by atoms with E-state index in [0.717, 1.165) is 11.6 Å². The van der Waals surface area contributed by atoms with Gasteiger partial charge in [-0.05, 0) is 38.0 Å². The summed E-state index contributed by atoms with van der Waals surface area (Å²) in [5.41, 5.74) is 2.11. The van der Waals surface area contributed by atoms with Crippen molar-refractivity contribution in [3.05, 3.63) is 23.9 Å². The molecule has 4 nitrogen and oxygen atoms in total. The lowest BCUT2D eigenvalue weighted by Gasteiger charge is -2.11. The van der Waals surface area contributed by atoms with Crippen LogP contribution in [0.2, 0.25) is 0 Å². The Morgan fingerprint density at radius 3 is 2.95 bits per heavy atom. The molecule has 1 unspecified atom stereocenters.